The lowest BCUT2D eigenvalue weighted by Gasteiger charge is -2.33. The highest BCUT2D eigenvalue weighted by Crippen LogP contribution is 2.24. The molecule has 0 saturated carbocycles. The summed E-state index contributed by atoms with van der Waals surface area (Å²) in [5.41, 5.74) is 0. The van der Waals surface area contributed by atoms with Crippen molar-refractivity contribution in [3.63, 3.8) is 0 Å². The maximum absolute atomic E-state index is 11.9. The molecule has 106 valence electrons. The van der Waals surface area contributed by atoms with Crippen molar-refractivity contribution in [2.24, 2.45) is 11.8 Å². The number of hydrogen-bond acceptors (Lipinski definition) is 3. The molecular formula is C16H25NOS. The maximum Gasteiger partial charge on any atom is 0.172 e. The Morgan fingerprint density at radius 1 is 1.42 bits per heavy atom. The van der Waals surface area contributed by atoms with Gasteiger partial charge in [0.1, 0.15) is 0 Å². The molecule has 3 heteroatoms. The summed E-state index contributed by atoms with van der Waals surface area (Å²) in [5, 5.41) is 1.98. The van der Waals surface area contributed by atoms with Gasteiger partial charge in [-0.05, 0) is 62.2 Å². The standard InChI is InChI=1S/C16H25NOS/c1-13(2)14-7-10-17(11-8-14)9-3-5-15(18)16-6-4-12-19-16/h4,6,12-14H,3,5,7-11H2,1-2H3. The molecule has 1 aromatic heterocycles. The van der Waals surface area contributed by atoms with Crippen LogP contribution in [0.5, 0.6) is 0 Å². The highest BCUT2D eigenvalue weighted by molar-refractivity contribution is 7.12. The summed E-state index contributed by atoms with van der Waals surface area (Å²) in [6, 6.07) is 3.88. The van der Waals surface area contributed by atoms with Crippen LogP contribution in [0.4, 0.5) is 0 Å². The lowest BCUT2D eigenvalue weighted by Crippen LogP contribution is -2.35. The second kappa shape index (κ2) is 7.20. The van der Waals surface area contributed by atoms with Crippen LogP contribution in [0.15, 0.2) is 17.5 Å². The minimum atomic E-state index is 0.312. The molecule has 2 heterocycles. The molecular weight excluding hydrogens is 254 g/mol. The van der Waals surface area contributed by atoms with Gasteiger partial charge in [0.15, 0.2) is 5.78 Å². The number of thiophene rings is 1. The Kier molecular flexibility index (Phi) is 5.59. The van der Waals surface area contributed by atoms with E-state index in [2.05, 4.69) is 18.7 Å². The molecule has 1 aliphatic heterocycles. The van der Waals surface area contributed by atoms with Gasteiger partial charge in [-0.3, -0.25) is 4.79 Å². The van der Waals surface area contributed by atoms with Gasteiger partial charge in [-0.25, -0.2) is 0 Å². The monoisotopic (exact) mass is 279 g/mol. The summed E-state index contributed by atoms with van der Waals surface area (Å²) in [6.45, 7) is 8.19. The normalized spacial score (nSPS) is 18.1. The van der Waals surface area contributed by atoms with E-state index in [9.17, 15) is 4.79 Å². The van der Waals surface area contributed by atoms with E-state index in [0.717, 1.165) is 29.7 Å². The van der Waals surface area contributed by atoms with Gasteiger partial charge < -0.3 is 4.90 Å². The van der Waals surface area contributed by atoms with Gasteiger partial charge in [0.2, 0.25) is 0 Å². The number of ketones is 1. The van der Waals surface area contributed by atoms with Crippen LogP contribution >= 0.6 is 11.3 Å². The third-order valence-electron chi connectivity index (χ3n) is 4.25. The van der Waals surface area contributed by atoms with Crippen molar-refractivity contribution in [3.8, 4) is 0 Å². The zero-order valence-electron chi connectivity index (χ0n) is 12.1. The largest absolute Gasteiger partial charge is 0.303 e. The van der Waals surface area contributed by atoms with Crippen LogP contribution < -0.4 is 0 Å². The van der Waals surface area contributed by atoms with Gasteiger partial charge in [0.25, 0.3) is 0 Å². The van der Waals surface area contributed by atoms with Crippen LogP contribution in [-0.4, -0.2) is 30.3 Å². The Bertz CT molecular complexity index is 377. The van der Waals surface area contributed by atoms with E-state index >= 15 is 0 Å². The first-order valence-corrected chi connectivity index (χ1v) is 8.34. The van der Waals surface area contributed by atoms with Crippen LogP contribution in [0.25, 0.3) is 0 Å². The number of nitrogens with zero attached hydrogens (tertiary/aromatic N) is 1. The Morgan fingerprint density at radius 3 is 2.74 bits per heavy atom. The van der Waals surface area contributed by atoms with Gasteiger partial charge in [-0.15, -0.1) is 11.3 Å². The Balaban J connectivity index is 1.63. The molecule has 19 heavy (non-hydrogen) atoms. The van der Waals surface area contributed by atoms with Crippen molar-refractivity contribution in [2.75, 3.05) is 19.6 Å². The fraction of sp³-hybridized carbons (Fsp3) is 0.688. The summed E-state index contributed by atoms with van der Waals surface area (Å²) in [5.74, 6) is 2.04. The minimum Gasteiger partial charge on any atom is -0.303 e. The average Bonchev–Trinajstić information content (AvgIpc) is 2.93. The van der Waals surface area contributed by atoms with Crippen LogP contribution in [0.2, 0.25) is 0 Å². The van der Waals surface area contributed by atoms with E-state index in [0.29, 0.717) is 12.2 Å². The summed E-state index contributed by atoms with van der Waals surface area (Å²) in [6.07, 6.45) is 4.36. The van der Waals surface area contributed by atoms with Crippen molar-refractivity contribution < 1.29 is 4.79 Å². The predicted molar refractivity (Wildman–Crippen MR) is 81.9 cm³/mol. The first-order valence-electron chi connectivity index (χ1n) is 7.46. The van der Waals surface area contributed by atoms with Crippen LogP contribution in [-0.2, 0) is 0 Å². The third-order valence-corrected chi connectivity index (χ3v) is 5.16. The number of rotatable bonds is 6. The molecule has 1 aliphatic rings. The van der Waals surface area contributed by atoms with E-state index in [1.54, 1.807) is 11.3 Å². The maximum atomic E-state index is 11.9. The number of carbonyl (C=O) groups excluding carboxylic acids is 1. The van der Waals surface area contributed by atoms with Crippen molar-refractivity contribution >= 4 is 17.1 Å². The molecule has 1 aromatic rings. The zero-order valence-corrected chi connectivity index (χ0v) is 12.9. The van der Waals surface area contributed by atoms with Gasteiger partial charge >= 0.3 is 0 Å². The number of piperidine rings is 1. The Hall–Kier alpha value is -0.670. The van der Waals surface area contributed by atoms with E-state index in [1.165, 1.54) is 25.9 Å². The SMILES string of the molecule is CC(C)C1CCN(CCCC(=O)c2cccs2)CC1. The first kappa shape index (κ1) is 14.7. The van der Waals surface area contributed by atoms with E-state index < -0.39 is 0 Å². The van der Waals surface area contributed by atoms with Crippen LogP contribution in [0, 0.1) is 11.8 Å². The summed E-state index contributed by atoms with van der Waals surface area (Å²) < 4.78 is 0. The predicted octanol–water partition coefficient (Wildman–Crippen LogP) is 4.08. The quantitative estimate of drug-likeness (QED) is 0.731. The van der Waals surface area contributed by atoms with Crippen LogP contribution in [0.1, 0.15) is 49.2 Å². The Morgan fingerprint density at radius 2 is 2.16 bits per heavy atom. The number of Topliss-reactive ketones (excluding diaryl/α,β-unsaturated/α-hetero) is 1. The molecule has 0 unspecified atom stereocenters. The minimum absolute atomic E-state index is 0.312. The van der Waals surface area contributed by atoms with E-state index in [4.69, 9.17) is 0 Å². The molecule has 0 aromatic carbocycles. The van der Waals surface area contributed by atoms with Gasteiger partial charge in [-0.2, -0.15) is 0 Å². The summed E-state index contributed by atoms with van der Waals surface area (Å²) in [4.78, 5) is 15.3. The van der Waals surface area contributed by atoms with Crippen LogP contribution in [0.3, 0.4) is 0 Å². The Labute approximate surface area is 120 Å². The molecule has 0 N–H and O–H groups in total. The van der Waals surface area contributed by atoms with Crippen molar-refractivity contribution in [2.45, 2.75) is 39.5 Å². The highest BCUT2D eigenvalue weighted by atomic mass is 32.1. The molecule has 0 radical (unpaired) electrons. The van der Waals surface area contributed by atoms with E-state index in [1.807, 2.05) is 17.5 Å². The topological polar surface area (TPSA) is 20.3 Å². The van der Waals surface area contributed by atoms with Crippen molar-refractivity contribution in [3.05, 3.63) is 22.4 Å². The molecule has 0 aliphatic carbocycles. The van der Waals surface area contributed by atoms with Gasteiger partial charge in [0.05, 0.1) is 4.88 Å². The molecule has 2 rings (SSSR count). The highest BCUT2D eigenvalue weighted by Gasteiger charge is 2.21. The fourth-order valence-corrected chi connectivity index (χ4v) is 3.56. The second-order valence-electron chi connectivity index (χ2n) is 5.93. The molecule has 2 nitrogen and oxygen atoms in total. The third kappa shape index (κ3) is 4.43. The number of hydrogen-bond donors (Lipinski definition) is 0. The number of likely N-dealkylation sites (tertiary alicyclic amines) is 1. The lowest BCUT2D eigenvalue weighted by atomic mass is 9.87. The second-order valence-corrected chi connectivity index (χ2v) is 6.87. The average molecular weight is 279 g/mol. The molecule has 1 fully saturated rings. The number of carbonyl (C=O) groups is 1. The molecule has 0 amide bonds. The fourth-order valence-electron chi connectivity index (χ4n) is 2.87. The van der Waals surface area contributed by atoms with Crippen molar-refractivity contribution in [1.82, 2.24) is 4.90 Å². The summed E-state index contributed by atoms with van der Waals surface area (Å²) >= 11 is 1.56. The van der Waals surface area contributed by atoms with Gasteiger partial charge in [0, 0.05) is 6.42 Å². The molecule has 0 atom stereocenters. The zero-order chi connectivity index (χ0) is 13.7. The molecule has 1 saturated heterocycles. The van der Waals surface area contributed by atoms with Crippen molar-refractivity contribution in [1.29, 1.82) is 0 Å². The van der Waals surface area contributed by atoms with Gasteiger partial charge in [-0.1, -0.05) is 19.9 Å². The smallest absolute Gasteiger partial charge is 0.172 e. The first-order chi connectivity index (χ1) is 9.16. The molecule has 0 bridgehead atoms. The lowest BCUT2D eigenvalue weighted by molar-refractivity contribution is 0.0972. The molecule has 0 spiro atoms. The van der Waals surface area contributed by atoms with E-state index in [-0.39, 0.29) is 0 Å². The summed E-state index contributed by atoms with van der Waals surface area (Å²) in [7, 11) is 0.